The van der Waals surface area contributed by atoms with E-state index in [9.17, 15) is 8.42 Å². The summed E-state index contributed by atoms with van der Waals surface area (Å²) in [4.78, 5) is 0. The van der Waals surface area contributed by atoms with Crippen LogP contribution >= 0.6 is 0 Å². The second-order valence-corrected chi connectivity index (χ2v) is 4.51. The summed E-state index contributed by atoms with van der Waals surface area (Å²) in [5.41, 5.74) is 0. The highest BCUT2D eigenvalue weighted by atomic mass is 32.2. The Hall–Kier alpha value is -1.48. The van der Waals surface area contributed by atoms with Crippen LogP contribution in [0.3, 0.4) is 0 Å². The average Bonchev–Trinajstić information content (AvgIpc) is 2.53. The lowest BCUT2D eigenvalue weighted by Crippen LogP contribution is -2.03. The third kappa shape index (κ3) is 1.59. The number of hydrogen-bond donors (Lipinski definition) is 0. The highest BCUT2D eigenvalue weighted by Crippen LogP contribution is 2.33. The van der Waals surface area contributed by atoms with Gasteiger partial charge in [-0.15, -0.1) is 0 Å². The maximum Gasteiger partial charge on any atom is 0.316 e. The van der Waals surface area contributed by atoms with Gasteiger partial charge in [0.2, 0.25) is 0 Å². The molecule has 0 aromatic carbocycles. The molecule has 0 saturated carbocycles. The number of hydrogen-bond acceptors (Lipinski definition) is 5. The van der Waals surface area contributed by atoms with E-state index in [1.807, 2.05) is 6.07 Å². The molecule has 1 aromatic rings. The molecule has 1 aromatic heterocycles. The monoisotopic (exact) mass is 213 g/mol. The lowest BCUT2D eigenvalue weighted by Gasteiger charge is -1.92. The van der Waals surface area contributed by atoms with Crippen molar-refractivity contribution in [1.82, 2.24) is 0 Å². The third-order valence-electron chi connectivity index (χ3n) is 1.83. The van der Waals surface area contributed by atoms with Gasteiger partial charge in [-0.05, 0) is 0 Å². The average molecular weight is 213 g/mol. The molecule has 1 aliphatic heterocycles. The van der Waals surface area contributed by atoms with Gasteiger partial charge < -0.3 is 8.60 Å². The Morgan fingerprint density at radius 3 is 3.00 bits per heavy atom. The molecule has 14 heavy (non-hydrogen) atoms. The largest absolute Gasteiger partial charge is 0.461 e. The van der Waals surface area contributed by atoms with E-state index >= 15 is 0 Å². The van der Waals surface area contributed by atoms with E-state index in [-0.39, 0.29) is 11.5 Å². The van der Waals surface area contributed by atoms with Crippen molar-refractivity contribution in [3.63, 3.8) is 0 Å². The summed E-state index contributed by atoms with van der Waals surface area (Å²) in [7, 11) is -3.46. The minimum absolute atomic E-state index is 0.213. The number of rotatable bonds is 2. The van der Waals surface area contributed by atoms with Crippen LogP contribution in [0.15, 0.2) is 10.5 Å². The van der Waals surface area contributed by atoms with Crippen LogP contribution < -0.4 is 4.18 Å². The van der Waals surface area contributed by atoms with Crippen LogP contribution in [0.25, 0.3) is 0 Å². The normalized spacial score (nSPS) is 17.1. The predicted octanol–water partition coefficient (Wildman–Crippen LogP) is 0.958. The smallest absolute Gasteiger partial charge is 0.316 e. The van der Waals surface area contributed by atoms with Gasteiger partial charge in [0.1, 0.15) is 11.5 Å². The lowest BCUT2D eigenvalue weighted by molar-refractivity contribution is 0.479. The Morgan fingerprint density at radius 2 is 2.36 bits per heavy atom. The van der Waals surface area contributed by atoms with Crippen molar-refractivity contribution in [3.8, 4) is 11.8 Å². The van der Waals surface area contributed by atoms with E-state index in [0.717, 1.165) is 0 Å². The van der Waals surface area contributed by atoms with Gasteiger partial charge in [-0.25, -0.2) is 0 Å². The zero-order valence-corrected chi connectivity index (χ0v) is 8.00. The standard InChI is InChI=1S/C8H7NO4S/c9-3-1-2-6-4-7-8(12-6)5-14(10,11)13-7/h4H,1-2,5H2. The van der Waals surface area contributed by atoms with Gasteiger partial charge in [-0.1, -0.05) is 0 Å². The number of fused-ring (bicyclic) bond motifs is 1. The first kappa shape index (κ1) is 9.09. The van der Waals surface area contributed by atoms with Gasteiger partial charge in [-0.3, -0.25) is 0 Å². The Kier molecular flexibility index (Phi) is 1.97. The molecule has 0 saturated heterocycles. The van der Waals surface area contributed by atoms with Crippen LogP contribution in [0.1, 0.15) is 17.9 Å². The maximum absolute atomic E-state index is 10.9. The van der Waals surface area contributed by atoms with Gasteiger partial charge in [0.05, 0.1) is 6.07 Å². The molecule has 0 bridgehead atoms. The molecule has 74 valence electrons. The van der Waals surface area contributed by atoms with Gasteiger partial charge in [0.15, 0.2) is 11.5 Å². The molecule has 5 nitrogen and oxygen atoms in total. The molecular formula is C8H7NO4S. The van der Waals surface area contributed by atoms with Crippen LogP contribution in [-0.2, 0) is 22.3 Å². The first-order chi connectivity index (χ1) is 6.61. The summed E-state index contributed by atoms with van der Waals surface area (Å²) in [6, 6.07) is 3.50. The minimum atomic E-state index is -3.46. The molecule has 0 fully saturated rings. The van der Waals surface area contributed by atoms with E-state index in [0.29, 0.717) is 24.4 Å². The summed E-state index contributed by atoms with van der Waals surface area (Å²) < 4.78 is 31.7. The number of aryl methyl sites for hydroxylation is 1. The zero-order valence-electron chi connectivity index (χ0n) is 7.19. The van der Waals surface area contributed by atoms with Crippen molar-refractivity contribution in [1.29, 1.82) is 5.26 Å². The van der Waals surface area contributed by atoms with Gasteiger partial charge in [0, 0.05) is 18.9 Å². The molecule has 2 rings (SSSR count). The fourth-order valence-corrected chi connectivity index (χ4v) is 2.26. The number of nitrogens with zero attached hydrogens (tertiary/aromatic N) is 1. The summed E-state index contributed by atoms with van der Waals surface area (Å²) in [5, 5.41) is 8.34. The molecular weight excluding hydrogens is 206 g/mol. The first-order valence-electron chi connectivity index (χ1n) is 4.01. The maximum atomic E-state index is 10.9. The van der Waals surface area contributed by atoms with E-state index in [1.165, 1.54) is 6.07 Å². The fraction of sp³-hybridized carbons (Fsp3) is 0.375. The van der Waals surface area contributed by atoms with Crippen LogP contribution in [-0.4, -0.2) is 8.42 Å². The van der Waals surface area contributed by atoms with Crippen LogP contribution in [0, 0.1) is 11.3 Å². The second kappa shape index (κ2) is 3.03. The van der Waals surface area contributed by atoms with Crippen molar-refractivity contribution in [2.45, 2.75) is 18.6 Å². The molecule has 0 spiro atoms. The lowest BCUT2D eigenvalue weighted by atomic mass is 10.3. The van der Waals surface area contributed by atoms with Crippen molar-refractivity contribution < 1.29 is 17.0 Å². The summed E-state index contributed by atoms with van der Waals surface area (Å²) >= 11 is 0. The molecule has 1 aliphatic rings. The van der Waals surface area contributed by atoms with Crippen LogP contribution in [0.5, 0.6) is 5.75 Å². The Bertz CT molecular complexity index is 464. The molecule has 0 amide bonds. The Balaban J connectivity index is 2.20. The number of nitriles is 1. The first-order valence-corrected chi connectivity index (χ1v) is 5.59. The molecule has 6 heteroatoms. The topological polar surface area (TPSA) is 80.3 Å². The van der Waals surface area contributed by atoms with Crippen molar-refractivity contribution in [2.24, 2.45) is 0 Å². The molecule has 0 radical (unpaired) electrons. The molecule has 2 heterocycles. The van der Waals surface area contributed by atoms with Gasteiger partial charge in [-0.2, -0.15) is 13.7 Å². The molecule has 0 aliphatic carbocycles. The van der Waals surface area contributed by atoms with E-state index in [2.05, 4.69) is 4.18 Å². The Morgan fingerprint density at radius 1 is 1.57 bits per heavy atom. The highest BCUT2D eigenvalue weighted by molar-refractivity contribution is 7.86. The van der Waals surface area contributed by atoms with Crippen molar-refractivity contribution >= 4 is 10.1 Å². The van der Waals surface area contributed by atoms with E-state index in [4.69, 9.17) is 9.68 Å². The van der Waals surface area contributed by atoms with E-state index in [1.54, 1.807) is 0 Å². The minimum Gasteiger partial charge on any atom is -0.461 e. The van der Waals surface area contributed by atoms with Crippen LogP contribution in [0.2, 0.25) is 0 Å². The molecule has 0 atom stereocenters. The zero-order chi connectivity index (χ0) is 10.2. The SMILES string of the molecule is N#CCCc1cc2c(o1)CS(=O)(=O)O2. The quantitative estimate of drug-likeness (QED) is 0.683. The van der Waals surface area contributed by atoms with Gasteiger partial charge >= 0.3 is 10.1 Å². The molecule has 0 N–H and O–H groups in total. The van der Waals surface area contributed by atoms with Crippen molar-refractivity contribution in [2.75, 3.05) is 0 Å². The Labute approximate surface area is 81.0 Å². The van der Waals surface area contributed by atoms with Gasteiger partial charge in [0.25, 0.3) is 0 Å². The summed E-state index contributed by atoms with van der Waals surface area (Å²) in [6.45, 7) is 0. The highest BCUT2D eigenvalue weighted by Gasteiger charge is 2.30. The fourth-order valence-electron chi connectivity index (χ4n) is 1.26. The van der Waals surface area contributed by atoms with Crippen molar-refractivity contribution in [3.05, 3.63) is 17.6 Å². The number of furan rings is 1. The summed E-state index contributed by atoms with van der Waals surface area (Å²) in [5.74, 6) is 0.969. The summed E-state index contributed by atoms with van der Waals surface area (Å²) in [6.07, 6.45) is 0.825. The van der Waals surface area contributed by atoms with Crippen LogP contribution in [0.4, 0.5) is 0 Å². The third-order valence-corrected chi connectivity index (χ3v) is 2.88. The predicted molar refractivity (Wildman–Crippen MR) is 45.9 cm³/mol. The second-order valence-electron chi connectivity index (χ2n) is 2.94. The molecule has 0 unspecified atom stereocenters. The van der Waals surface area contributed by atoms with E-state index < -0.39 is 10.1 Å².